The molecule has 2 aromatic rings. The van der Waals surface area contributed by atoms with Crippen molar-refractivity contribution in [3.63, 3.8) is 0 Å². The first-order valence-corrected chi connectivity index (χ1v) is 8.72. The first-order chi connectivity index (χ1) is 11.6. The van der Waals surface area contributed by atoms with Crippen LogP contribution in [0.3, 0.4) is 0 Å². The molecule has 1 N–H and O–H groups in total. The monoisotopic (exact) mass is 343 g/mol. The average Bonchev–Trinajstić information content (AvgIpc) is 3.12. The Balaban J connectivity index is 1.88. The topological polar surface area (TPSA) is 36.3 Å². The van der Waals surface area contributed by atoms with Gasteiger partial charge in [0.15, 0.2) is 5.11 Å². The normalized spacial score (nSPS) is 20.7. The lowest BCUT2D eigenvalue weighted by Crippen LogP contribution is -2.32. The van der Waals surface area contributed by atoms with Gasteiger partial charge in [0.1, 0.15) is 0 Å². The number of rotatable bonds is 6. The van der Waals surface area contributed by atoms with Crippen LogP contribution >= 0.6 is 12.2 Å². The fourth-order valence-corrected chi connectivity index (χ4v) is 3.60. The Bertz CT molecular complexity index is 682. The van der Waals surface area contributed by atoms with Gasteiger partial charge in [-0.1, -0.05) is 6.07 Å². The molecule has 1 aliphatic rings. The van der Waals surface area contributed by atoms with Gasteiger partial charge in [0, 0.05) is 32.2 Å². The van der Waals surface area contributed by atoms with Gasteiger partial charge in [-0.25, -0.2) is 0 Å². The second kappa shape index (κ2) is 7.32. The molecule has 0 radical (unpaired) electrons. The van der Waals surface area contributed by atoms with Crippen LogP contribution in [0, 0.1) is 0 Å². The summed E-state index contributed by atoms with van der Waals surface area (Å²) in [5.74, 6) is 0. The van der Waals surface area contributed by atoms with Gasteiger partial charge in [-0.05, 0) is 63.0 Å². The lowest BCUT2D eigenvalue weighted by molar-refractivity contribution is 0.293. The molecule has 0 amide bonds. The van der Waals surface area contributed by atoms with Crippen molar-refractivity contribution in [1.29, 1.82) is 0 Å². The highest BCUT2D eigenvalue weighted by molar-refractivity contribution is 7.80. The molecule has 24 heavy (non-hydrogen) atoms. The highest BCUT2D eigenvalue weighted by Crippen LogP contribution is 2.38. The molecule has 1 aliphatic heterocycles. The quantitative estimate of drug-likeness (QED) is 0.815. The van der Waals surface area contributed by atoms with E-state index in [-0.39, 0.29) is 12.1 Å². The molecule has 0 bridgehead atoms. The van der Waals surface area contributed by atoms with Crippen LogP contribution in [0.1, 0.15) is 29.8 Å². The summed E-state index contributed by atoms with van der Waals surface area (Å²) in [6, 6.07) is 8.48. The smallest absolute Gasteiger partial charge is 0.170 e. The minimum Gasteiger partial charge on any atom is -0.357 e. The summed E-state index contributed by atoms with van der Waals surface area (Å²) in [5.41, 5.74) is 2.30. The van der Waals surface area contributed by atoms with Gasteiger partial charge in [0.05, 0.1) is 17.8 Å². The van der Waals surface area contributed by atoms with E-state index in [0.717, 1.165) is 30.3 Å². The third-order valence-corrected chi connectivity index (χ3v) is 4.75. The summed E-state index contributed by atoms with van der Waals surface area (Å²) in [6.07, 6.45) is 7.18. The standard InChI is InChI=1S/C18H25N5S/c1-21(2)10-6-11-23-17(14-8-12-22(3)13-14)16(20-18(23)24)15-7-4-5-9-19-15/h4-5,7-9,12-13,16-17H,6,10-11H2,1-3H3,(H,20,24). The van der Waals surface area contributed by atoms with E-state index in [1.54, 1.807) is 0 Å². The number of hydrogen-bond acceptors (Lipinski definition) is 3. The van der Waals surface area contributed by atoms with E-state index in [1.165, 1.54) is 5.56 Å². The van der Waals surface area contributed by atoms with Crippen molar-refractivity contribution in [2.45, 2.75) is 18.5 Å². The lowest BCUT2D eigenvalue weighted by atomic mass is 9.99. The van der Waals surface area contributed by atoms with E-state index in [1.807, 2.05) is 18.3 Å². The Morgan fingerprint density at radius 3 is 2.75 bits per heavy atom. The van der Waals surface area contributed by atoms with E-state index >= 15 is 0 Å². The highest BCUT2D eigenvalue weighted by Gasteiger charge is 2.39. The Morgan fingerprint density at radius 1 is 1.29 bits per heavy atom. The summed E-state index contributed by atoms with van der Waals surface area (Å²) in [6.45, 7) is 1.99. The molecular formula is C18H25N5S. The predicted molar refractivity (Wildman–Crippen MR) is 101 cm³/mol. The molecule has 0 aromatic carbocycles. The number of thiocarbonyl (C=S) groups is 1. The van der Waals surface area contributed by atoms with E-state index < -0.39 is 0 Å². The van der Waals surface area contributed by atoms with Gasteiger partial charge < -0.3 is 19.7 Å². The minimum atomic E-state index is 0.0838. The van der Waals surface area contributed by atoms with Crippen LogP contribution in [-0.2, 0) is 7.05 Å². The maximum Gasteiger partial charge on any atom is 0.170 e. The summed E-state index contributed by atoms with van der Waals surface area (Å²) < 4.78 is 2.09. The molecule has 2 unspecified atom stereocenters. The number of aromatic nitrogens is 2. The number of nitrogens with one attached hydrogen (secondary N) is 1. The third kappa shape index (κ3) is 3.60. The molecule has 1 saturated heterocycles. The molecule has 1 fully saturated rings. The Morgan fingerprint density at radius 2 is 2.12 bits per heavy atom. The summed E-state index contributed by atoms with van der Waals surface area (Å²) >= 11 is 5.65. The van der Waals surface area contributed by atoms with Crippen LogP contribution in [0.25, 0.3) is 0 Å². The number of nitrogens with zero attached hydrogens (tertiary/aromatic N) is 4. The molecule has 3 heterocycles. The van der Waals surface area contributed by atoms with Gasteiger partial charge in [0.25, 0.3) is 0 Å². The van der Waals surface area contributed by atoms with Crippen molar-refractivity contribution < 1.29 is 0 Å². The van der Waals surface area contributed by atoms with Crippen molar-refractivity contribution in [2.24, 2.45) is 7.05 Å². The second-order valence-electron chi connectivity index (χ2n) is 6.59. The molecular weight excluding hydrogens is 318 g/mol. The van der Waals surface area contributed by atoms with Crippen LogP contribution < -0.4 is 5.32 Å². The molecule has 0 saturated carbocycles. The Kier molecular flexibility index (Phi) is 5.16. The van der Waals surface area contributed by atoms with Crippen LogP contribution in [0.2, 0.25) is 0 Å². The van der Waals surface area contributed by atoms with Crippen molar-refractivity contribution in [2.75, 3.05) is 27.2 Å². The van der Waals surface area contributed by atoms with Gasteiger partial charge in [-0.2, -0.15) is 0 Å². The zero-order chi connectivity index (χ0) is 17.1. The van der Waals surface area contributed by atoms with Crippen LogP contribution in [-0.4, -0.2) is 51.6 Å². The molecule has 5 nitrogen and oxygen atoms in total. The zero-order valence-corrected chi connectivity index (χ0v) is 15.3. The maximum atomic E-state index is 5.65. The fourth-order valence-electron chi connectivity index (χ4n) is 3.27. The molecule has 6 heteroatoms. The molecule has 0 aliphatic carbocycles. The van der Waals surface area contributed by atoms with Crippen LogP contribution in [0.4, 0.5) is 0 Å². The zero-order valence-electron chi connectivity index (χ0n) is 14.5. The SMILES string of the molecule is CN(C)CCCN1C(=S)NC(c2ccccn2)C1c1ccn(C)c1. The van der Waals surface area contributed by atoms with Crippen molar-refractivity contribution in [3.8, 4) is 0 Å². The first kappa shape index (κ1) is 16.9. The molecule has 3 rings (SSSR count). The largest absolute Gasteiger partial charge is 0.357 e. The van der Waals surface area contributed by atoms with Gasteiger partial charge in [-0.3, -0.25) is 4.98 Å². The van der Waals surface area contributed by atoms with Gasteiger partial charge >= 0.3 is 0 Å². The lowest BCUT2D eigenvalue weighted by Gasteiger charge is -2.27. The Labute approximate surface area is 149 Å². The molecule has 2 aromatic heterocycles. The summed E-state index contributed by atoms with van der Waals surface area (Å²) in [4.78, 5) is 9.08. The van der Waals surface area contributed by atoms with Crippen molar-refractivity contribution in [3.05, 3.63) is 54.1 Å². The molecule has 128 valence electrons. The second-order valence-corrected chi connectivity index (χ2v) is 6.97. The van der Waals surface area contributed by atoms with Crippen LogP contribution in [0.5, 0.6) is 0 Å². The predicted octanol–water partition coefficient (Wildman–Crippen LogP) is 2.34. The maximum absolute atomic E-state index is 5.65. The van der Waals surface area contributed by atoms with Crippen LogP contribution in [0.15, 0.2) is 42.9 Å². The highest BCUT2D eigenvalue weighted by atomic mass is 32.1. The third-order valence-electron chi connectivity index (χ3n) is 4.40. The molecule has 0 spiro atoms. The van der Waals surface area contributed by atoms with Crippen molar-refractivity contribution in [1.82, 2.24) is 24.7 Å². The summed E-state index contributed by atoms with van der Waals surface area (Å²) in [7, 11) is 6.26. The van der Waals surface area contributed by atoms with Gasteiger partial charge in [0.2, 0.25) is 0 Å². The number of aryl methyl sites for hydroxylation is 1. The average molecular weight is 344 g/mol. The first-order valence-electron chi connectivity index (χ1n) is 8.31. The molecule has 2 atom stereocenters. The fraction of sp³-hybridized carbons (Fsp3) is 0.444. The summed E-state index contributed by atoms with van der Waals surface area (Å²) in [5, 5.41) is 4.31. The van der Waals surface area contributed by atoms with E-state index in [4.69, 9.17) is 12.2 Å². The number of hydrogen-bond donors (Lipinski definition) is 1. The van der Waals surface area contributed by atoms with Crippen molar-refractivity contribution >= 4 is 17.3 Å². The van der Waals surface area contributed by atoms with Gasteiger partial charge in [-0.15, -0.1) is 0 Å². The number of pyridine rings is 1. The van der Waals surface area contributed by atoms with E-state index in [9.17, 15) is 0 Å². The minimum absolute atomic E-state index is 0.0838. The Hall–Kier alpha value is -1.92. The van der Waals surface area contributed by atoms with E-state index in [2.05, 4.69) is 70.3 Å². The van der Waals surface area contributed by atoms with E-state index in [0.29, 0.717) is 0 Å².